The van der Waals surface area contributed by atoms with Crippen molar-refractivity contribution in [2.24, 2.45) is 0 Å². The van der Waals surface area contributed by atoms with Gasteiger partial charge in [-0.25, -0.2) is 0 Å². The van der Waals surface area contributed by atoms with E-state index in [9.17, 15) is 9.90 Å². The number of rotatable bonds is 4. The summed E-state index contributed by atoms with van der Waals surface area (Å²) in [4.78, 5) is 17.4. The number of ether oxygens (including phenoxy) is 1. The molecule has 2 aliphatic rings. The van der Waals surface area contributed by atoms with E-state index in [-0.39, 0.29) is 17.3 Å². The molecule has 2 aliphatic heterocycles. The number of piperazine rings is 1. The molecule has 0 atom stereocenters. The van der Waals surface area contributed by atoms with Crippen molar-refractivity contribution in [2.75, 3.05) is 31.1 Å². The van der Waals surface area contributed by atoms with Gasteiger partial charge in [0.1, 0.15) is 11.5 Å². The molecule has 0 aromatic heterocycles. The molecule has 3 aromatic carbocycles. The highest BCUT2D eigenvalue weighted by Gasteiger charge is 2.27. The van der Waals surface area contributed by atoms with Gasteiger partial charge in [-0.15, -0.1) is 0 Å². The normalized spacial score (nSPS) is 17.6. The van der Waals surface area contributed by atoms with Crippen LogP contribution in [0, 0.1) is 0 Å². The number of phenols is 1. The molecular formula is C26H24N2O3. The third kappa shape index (κ3) is 4.18. The first kappa shape index (κ1) is 19.4. The van der Waals surface area contributed by atoms with Crippen LogP contribution >= 0.6 is 0 Å². The lowest BCUT2D eigenvalue weighted by Gasteiger charge is -2.36. The maximum atomic E-state index is 12.5. The fourth-order valence-corrected chi connectivity index (χ4v) is 4.11. The van der Waals surface area contributed by atoms with E-state index in [1.165, 1.54) is 23.4 Å². The molecule has 31 heavy (non-hydrogen) atoms. The number of carbonyl (C=O) groups excluding carboxylic acids is 1. The van der Waals surface area contributed by atoms with Crippen LogP contribution in [0.15, 0.2) is 78.6 Å². The van der Waals surface area contributed by atoms with Crippen molar-refractivity contribution in [1.82, 2.24) is 4.90 Å². The quantitative estimate of drug-likeness (QED) is 0.647. The summed E-state index contributed by atoms with van der Waals surface area (Å²) in [5.41, 5.74) is 3.93. The van der Waals surface area contributed by atoms with Crippen LogP contribution in [0.5, 0.6) is 11.5 Å². The van der Waals surface area contributed by atoms with E-state index in [1.54, 1.807) is 12.1 Å². The number of aromatic hydroxyl groups is 1. The molecule has 0 amide bonds. The Morgan fingerprint density at radius 2 is 1.65 bits per heavy atom. The molecule has 1 N–H and O–H groups in total. The minimum absolute atomic E-state index is 0.0843. The van der Waals surface area contributed by atoms with E-state index in [1.807, 2.05) is 12.1 Å². The first-order chi connectivity index (χ1) is 15.2. The summed E-state index contributed by atoms with van der Waals surface area (Å²) in [6, 6.07) is 23.4. The molecule has 5 nitrogen and oxygen atoms in total. The van der Waals surface area contributed by atoms with Gasteiger partial charge in [0.25, 0.3) is 0 Å². The number of phenolic OH excluding ortho intramolecular Hbond substituents is 1. The van der Waals surface area contributed by atoms with Crippen LogP contribution in [-0.2, 0) is 6.54 Å². The summed E-state index contributed by atoms with van der Waals surface area (Å²) in [5.74, 6) is 0.610. The van der Waals surface area contributed by atoms with Crippen molar-refractivity contribution < 1.29 is 14.6 Å². The second-order valence-electron chi connectivity index (χ2n) is 7.96. The largest absolute Gasteiger partial charge is 0.508 e. The van der Waals surface area contributed by atoms with Gasteiger partial charge in [0.05, 0.1) is 5.56 Å². The molecule has 0 bridgehead atoms. The predicted molar refractivity (Wildman–Crippen MR) is 121 cm³/mol. The number of anilines is 1. The standard InChI is InChI=1S/C26H24N2O3/c29-22-10-11-23-24(17-22)31-25(26(23)30)16-19-6-8-21(9-7-19)28-14-12-27(13-15-28)18-20-4-2-1-3-5-20/h1-11,16-17,29H,12-15,18H2/b25-16-. The summed E-state index contributed by atoms with van der Waals surface area (Å²) in [5, 5.41) is 9.58. The number of fused-ring (bicyclic) bond motifs is 1. The summed E-state index contributed by atoms with van der Waals surface area (Å²) >= 11 is 0. The molecular weight excluding hydrogens is 388 g/mol. The highest BCUT2D eigenvalue weighted by atomic mass is 16.5. The number of Topliss-reactive ketones (excluding diaryl/α,β-unsaturated/α-hetero) is 1. The average molecular weight is 412 g/mol. The van der Waals surface area contributed by atoms with Crippen LogP contribution in [0.4, 0.5) is 5.69 Å². The van der Waals surface area contributed by atoms with Crippen molar-refractivity contribution >= 4 is 17.5 Å². The van der Waals surface area contributed by atoms with Gasteiger partial charge >= 0.3 is 0 Å². The van der Waals surface area contributed by atoms with Crippen molar-refractivity contribution in [2.45, 2.75) is 6.54 Å². The van der Waals surface area contributed by atoms with Crippen molar-refractivity contribution in [3.05, 3.63) is 95.2 Å². The summed E-state index contributed by atoms with van der Waals surface area (Å²) in [6.07, 6.45) is 1.75. The zero-order valence-electron chi connectivity index (χ0n) is 17.2. The monoisotopic (exact) mass is 412 g/mol. The van der Waals surface area contributed by atoms with E-state index >= 15 is 0 Å². The molecule has 5 heteroatoms. The minimum Gasteiger partial charge on any atom is -0.508 e. The lowest BCUT2D eigenvalue weighted by molar-refractivity contribution is 0.101. The van der Waals surface area contributed by atoms with Crippen LogP contribution in [0.25, 0.3) is 6.08 Å². The molecule has 0 aliphatic carbocycles. The van der Waals surface area contributed by atoms with Crippen molar-refractivity contribution in [1.29, 1.82) is 0 Å². The highest BCUT2D eigenvalue weighted by molar-refractivity contribution is 6.14. The minimum atomic E-state index is -0.159. The Kier molecular flexibility index (Phi) is 5.18. The van der Waals surface area contributed by atoms with E-state index in [0.717, 1.165) is 38.3 Å². The molecule has 0 unspecified atom stereocenters. The number of allylic oxidation sites excluding steroid dienone is 1. The molecule has 0 saturated carbocycles. The molecule has 0 radical (unpaired) electrons. The first-order valence-corrected chi connectivity index (χ1v) is 10.5. The van der Waals surface area contributed by atoms with E-state index in [2.05, 4.69) is 52.3 Å². The zero-order chi connectivity index (χ0) is 21.2. The summed E-state index contributed by atoms with van der Waals surface area (Å²) < 4.78 is 5.65. The van der Waals surface area contributed by atoms with Gasteiger partial charge in [-0.3, -0.25) is 9.69 Å². The molecule has 1 fully saturated rings. The smallest absolute Gasteiger partial charge is 0.231 e. The number of carbonyl (C=O) groups is 1. The van der Waals surface area contributed by atoms with Gasteiger partial charge < -0.3 is 14.7 Å². The number of hydrogen-bond donors (Lipinski definition) is 1. The van der Waals surface area contributed by atoms with E-state index in [0.29, 0.717) is 11.3 Å². The lowest BCUT2D eigenvalue weighted by Crippen LogP contribution is -2.45. The Labute approximate surface area is 181 Å². The van der Waals surface area contributed by atoms with Crippen LogP contribution in [0.2, 0.25) is 0 Å². The Bertz CT molecular complexity index is 1120. The molecule has 0 spiro atoms. The van der Waals surface area contributed by atoms with E-state index < -0.39 is 0 Å². The number of ketones is 1. The second-order valence-corrected chi connectivity index (χ2v) is 7.96. The topological polar surface area (TPSA) is 53.0 Å². The molecule has 5 rings (SSSR count). The fourth-order valence-electron chi connectivity index (χ4n) is 4.11. The Hall–Kier alpha value is -3.57. The van der Waals surface area contributed by atoms with Gasteiger partial charge in [0.15, 0.2) is 5.76 Å². The molecule has 156 valence electrons. The molecule has 3 aromatic rings. The van der Waals surface area contributed by atoms with Crippen molar-refractivity contribution in [3.63, 3.8) is 0 Å². The maximum absolute atomic E-state index is 12.5. The van der Waals surface area contributed by atoms with Gasteiger partial charge in [-0.1, -0.05) is 42.5 Å². The van der Waals surface area contributed by atoms with Gasteiger partial charge in [0, 0.05) is 44.5 Å². The number of nitrogens with zero attached hydrogens (tertiary/aromatic N) is 2. The summed E-state index contributed by atoms with van der Waals surface area (Å²) in [6.45, 7) is 5.05. The van der Waals surface area contributed by atoms with Crippen LogP contribution in [0.1, 0.15) is 21.5 Å². The number of hydrogen-bond acceptors (Lipinski definition) is 5. The zero-order valence-corrected chi connectivity index (χ0v) is 17.2. The molecule has 2 heterocycles. The Morgan fingerprint density at radius 1 is 0.903 bits per heavy atom. The summed E-state index contributed by atoms with van der Waals surface area (Å²) in [7, 11) is 0. The van der Waals surface area contributed by atoms with Crippen LogP contribution in [0.3, 0.4) is 0 Å². The van der Waals surface area contributed by atoms with E-state index in [4.69, 9.17) is 4.74 Å². The van der Waals surface area contributed by atoms with Crippen LogP contribution in [-0.4, -0.2) is 42.0 Å². The Balaban J connectivity index is 1.21. The number of benzene rings is 3. The SMILES string of the molecule is O=C1/C(=C/c2ccc(N3CCN(Cc4ccccc4)CC3)cc2)Oc2cc(O)ccc21. The van der Waals surface area contributed by atoms with Crippen molar-refractivity contribution in [3.8, 4) is 11.5 Å². The first-order valence-electron chi connectivity index (χ1n) is 10.5. The average Bonchev–Trinajstić information content (AvgIpc) is 3.10. The van der Waals surface area contributed by atoms with Gasteiger partial charge in [-0.05, 0) is 41.5 Å². The van der Waals surface area contributed by atoms with Gasteiger partial charge in [-0.2, -0.15) is 0 Å². The maximum Gasteiger partial charge on any atom is 0.231 e. The lowest BCUT2D eigenvalue weighted by atomic mass is 10.1. The third-order valence-electron chi connectivity index (χ3n) is 5.83. The fraction of sp³-hybridized carbons (Fsp3) is 0.192. The Morgan fingerprint density at radius 3 is 2.39 bits per heavy atom. The third-order valence-corrected chi connectivity index (χ3v) is 5.83. The second kappa shape index (κ2) is 8.28. The highest BCUT2D eigenvalue weighted by Crippen LogP contribution is 2.34. The molecule has 1 saturated heterocycles. The van der Waals surface area contributed by atoms with Gasteiger partial charge in [0.2, 0.25) is 5.78 Å². The van der Waals surface area contributed by atoms with Crippen LogP contribution < -0.4 is 9.64 Å². The predicted octanol–water partition coefficient (Wildman–Crippen LogP) is 4.33.